The topological polar surface area (TPSA) is 32.6 Å². The van der Waals surface area contributed by atoms with Gasteiger partial charge in [-0.25, -0.2) is 0 Å². The first-order valence-electron chi connectivity index (χ1n) is 7.22. The fraction of sp³-hybridized carbons (Fsp3) is 0.562. The van der Waals surface area contributed by atoms with Gasteiger partial charge in [0.05, 0.1) is 0 Å². The van der Waals surface area contributed by atoms with Gasteiger partial charge in [-0.2, -0.15) is 0 Å². The summed E-state index contributed by atoms with van der Waals surface area (Å²) < 4.78 is 0. The van der Waals surface area contributed by atoms with Crippen molar-refractivity contribution >= 4 is 23.2 Å². The van der Waals surface area contributed by atoms with E-state index in [9.17, 15) is 5.11 Å². The number of hydrogen-bond acceptors (Lipinski definition) is 2. The number of para-hydroxylation sites is 1. The second-order valence-corrected chi connectivity index (χ2v) is 10.0. The molecular weight excluding hydrogens is 384 g/mol. The van der Waals surface area contributed by atoms with Gasteiger partial charge in [-0.05, 0) is 29.9 Å². The van der Waals surface area contributed by atoms with Crippen LogP contribution in [0.15, 0.2) is 23.2 Å². The van der Waals surface area contributed by atoms with Crippen LogP contribution >= 0.6 is 17.0 Å². The maximum absolute atomic E-state index is 10.3. The molecule has 0 radical (unpaired) electrons. The van der Waals surface area contributed by atoms with Gasteiger partial charge < -0.3 is 5.11 Å². The minimum absolute atomic E-state index is 0.0404. The van der Waals surface area contributed by atoms with Gasteiger partial charge in [0.15, 0.2) is 0 Å². The number of aliphatic imine (C=N–C) groups is 1. The van der Waals surface area contributed by atoms with Gasteiger partial charge in [-0.3, -0.25) is 4.99 Å². The zero-order valence-electron chi connectivity index (χ0n) is 12.9. The van der Waals surface area contributed by atoms with E-state index in [0.717, 1.165) is 11.1 Å². The van der Waals surface area contributed by atoms with Crippen molar-refractivity contribution in [3.8, 4) is 5.75 Å². The van der Waals surface area contributed by atoms with Crippen molar-refractivity contribution < 1.29 is 26.0 Å². The predicted octanol–water partition coefficient (Wildman–Crippen LogP) is 5.43. The molecule has 116 valence electrons. The van der Waals surface area contributed by atoms with Gasteiger partial charge in [-0.15, -0.1) is 0 Å². The molecule has 21 heavy (non-hydrogen) atoms. The Morgan fingerprint density at radius 1 is 1.24 bits per heavy atom. The van der Waals surface area contributed by atoms with Gasteiger partial charge in [0, 0.05) is 17.8 Å². The first-order chi connectivity index (χ1) is 9.90. The molecule has 1 fully saturated rings. The predicted molar refractivity (Wildman–Crippen MR) is 88.4 cm³/mol. The van der Waals surface area contributed by atoms with Crippen molar-refractivity contribution in [3.63, 3.8) is 0 Å². The van der Waals surface area contributed by atoms with Crippen LogP contribution in [0.4, 0.5) is 0 Å². The molecule has 2 nitrogen and oxygen atoms in total. The second-order valence-electron chi connectivity index (χ2n) is 6.28. The van der Waals surface area contributed by atoms with Crippen LogP contribution in [0.5, 0.6) is 5.75 Å². The van der Waals surface area contributed by atoms with Gasteiger partial charge in [-0.1, -0.05) is 45.7 Å². The third kappa shape index (κ3) is 6.42. The summed E-state index contributed by atoms with van der Waals surface area (Å²) in [6, 6.07) is 6.38. The normalized spacial score (nSPS) is 15.9. The average Bonchev–Trinajstić information content (AvgIpc) is 2.90. The molecule has 5 heteroatoms. The number of hydrogen-bond donors (Lipinski definition) is 1. The summed E-state index contributed by atoms with van der Waals surface area (Å²) in [4.78, 5) is 4.59. The maximum atomic E-state index is 10.3. The summed E-state index contributed by atoms with van der Waals surface area (Å²) in [6.07, 6.45) is 6.80. The summed E-state index contributed by atoms with van der Waals surface area (Å²) in [5.41, 5.74) is 1.79. The molecule has 1 aliphatic carbocycles. The van der Waals surface area contributed by atoms with Crippen molar-refractivity contribution in [2.24, 2.45) is 4.99 Å². The van der Waals surface area contributed by atoms with E-state index in [1.807, 2.05) is 24.4 Å². The summed E-state index contributed by atoms with van der Waals surface area (Å²) >= 11 is -0.826. The van der Waals surface area contributed by atoms with Crippen LogP contribution in [0.3, 0.4) is 0 Å². The van der Waals surface area contributed by atoms with E-state index in [1.54, 1.807) is 0 Å². The molecule has 0 atom stereocenters. The van der Waals surface area contributed by atoms with Gasteiger partial charge in [0.25, 0.3) is 0 Å². The van der Waals surface area contributed by atoms with E-state index in [0.29, 0.717) is 11.8 Å². The molecule has 0 unspecified atom stereocenters. The number of halogens is 2. The summed E-state index contributed by atoms with van der Waals surface area (Å²) in [7, 11) is 9.87. The minimum atomic E-state index is -0.826. The first kappa shape index (κ1) is 19.2. The Bertz CT molecular complexity index is 466. The SMILES string of the molecule is CC(C)(C)c1cccc(C=NC2CCCC2)c1O.[Cl][Zr][Cl]. The van der Waals surface area contributed by atoms with Gasteiger partial charge in [0.2, 0.25) is 0 Å². The average molecular weight is 407 g/mol. The van der Waals surface area contributed by atoms with Gasteiger partial charge >= 0.3 is 37.9 Å². The standard InChI is InChI=1S/C16H23NO.2ClH.Zr/c1-16(2,3)14-10-6-7-12(15(14)18)11-17-13-8-4-5-9-13;;;/h6-7,10-11,13,18H,4-5,8-9H2,1-3H3;2*1H;/q;;;+2/p-2. The Labute approximate surface area is 146 Å². The van der Waals surface area contributed by atoms with Crippen molar-refractivity contribution in [2.75, 3.05) is 0 Å². The molecule has 0 spiro atoms. The summed E-state index contributed by atoms with van der Waals surface area (Å²) in [5.74, 6) is 0.381. The fourth-order valence-electron chi connectivity index (χ4n) is 2.51. The summed E-state index contributed by atoms with van der Waals surface area (Å²) in [6.45, 7) is 6.33. The number of phenols is 1. The molecular formula is C16H23Cl2NOZr. The zero-order chi connectivity index (χ0) is 15.9. The van der Waals surface area contributed by atoms with E-state index < -0.39 is 20.8 Å². The van der Waals surface area contributed by atoms with E-state index in [-0.39, 0.29) is 5.41 Å². The molecule has 1 aliphatic rings. The van der Waals surface area contributed by atoms with Crippen molar-refractivity contribution in [3.05, 3.63) is 29.3 Å². The quantitative estimate of drug-likeness (QED) is 0.652. The van der Waals surface area contributed by atoms with E-state index in [4.69, 9.17) is 17.0 Å². The van der Waals surface area contributed by atoms with Gasteiger partial charge in [0.1, 0.15) is 5.75 Å². The fourth-order valence-corrected chi connectivity index (χ4v) is 2.51. The van der Waals surface area contributed by atoms with Crippen LogP contribution in [-0.4, -0.2) is 17.4 Å². The number of benzene rings is 1. The number of nitrogens with zero attached hydrogens (tertiary/aromatic N) is 1. The molecule has 1 saturated carbocycles. The second kappa shape index (κ2) is 9.33. The molecule has 1 aromatic carbocycles. The third-order valence-corrected chi connectivity index (χ3v) is 3.62. The van der Waals surface area contributed by atoms with Crippen LogP contribution in [0.25, 0.3) is 0 Å². The zero-order valence-corrected chi connectivity index (χ0v) is 16.8. The van der Waals surface area contributed by atoms with E-state index >= 15 is 0 Å². The Morgan fingerprint density at radius 3 is 2.33 bits per heavy atom. The van der Waals surface area contributed by atoms with E-state index in [2.05, 4.69) is 25.8 Å². The van der Waals surface area contributed by atoms with Crippen LogP contribution in [-0.2, 0) is 26.3 Å². The first-order valence-corrected chi connectivity index (χ1v) is 13.5. The van der Waals surface area contributed by atoms with Crippen LogP contribution in [0, 0.1) is 0 Å². The number of phenolic OH excluding ortho intramolecular Hbond substituents is 1. The molecule has 1 N–H and O–H groups in total. The Balaban J connectivity index is 0.000000677. The number of aromatic hydroxyl groups is 1. The molecule has 1 aromatic rings. The van der Waals surface area contributed by atoms with E-state index in [1.165, 1.54) is 25.7 Å². The van der Waals surface area contributed by atoms with Crippen molar-refractivity contribution in [1.82, 2.24) is 0 Å². The Morgan fingerprint density at radius 2 is 1.81 bits per heavy atom. The molecule has 0 saturated heterocycles. The molecule has 0 aromatic heterocycles. The van der Waals surface area contributed by atoms with Crippen molar-refractivity contribution in [2.45, 2.75) is 57.9 Å². The molecule has 0 aliphatic heterocycles. The molecule has 0 bridgehead atoms. The number of rotatable bonds is 2. The Hall–Kier alpha value is 0.153. The monoisotopic (exact) mass is 405 g/mol. The third-order valence-electron chi connectivity index (χ3n) is 3.62. The molecule has 0 heterocycles. The molecule has 2 rings (SSSR count). The van der Waals surface area contributed by atoms with Crippen LogP contribution < -0.4 is 0 Å². The molecule has 0 amide bonds. The summed E-state index contributed by atoms with van der Waals surface area (Å²) in [5, 5.41) is 10.3. The van der Waals surface area contributed by atoms with Crippen LogP contribution in [0.2, 0.25) is 0 Å². The Kier molecular flexibility index (Phi) is 8.53. The van der Waals surface area contributed by atoms with Crippen LogP contribution in [0.1, 0.15) is 57.6 Å². The van der Waals surface area contributed by atoms with Crippen molar-refractivity contribution in [1.29, 1.82) is 0 Å².